The van der Waals surface area contributed by atoms with Crippen LogP contribution in [-0.4, -0.2) is 71.8 Å². The largest absolute Gasteiger partial charge is 0.394 e. The van der Waals surface area contributed by atoms with Crippen LogP contribution in [0, 0.1) is 23.2 Å². The fraction of sp³-hybridized carbons (Fsp3) is 0.917. The summed E-state index contributed by atoms with van der Waals surface area (Å²) >= 11 is 6.18. The quantitative estimate of drug-likeness (QED) is 0.525. The lowest BCUT2D eigenvalue weighted by Gasteiger charge is -2.48. The third-order valence-electron chi connectivity index (χ3n) is 8.25. The van der Waals surface area contributed by atoms with Crippen LogP contribution in [0.3, 0.4) is 0 Å². The van der Waals surface area contributed by atoms with E-state index in [0.29, 0.717) is 38.0 Å². The molecule has 1 amide bonds. The predicted octanol–water partition coefficient (Wildman–Crippen LogP) is 2.69. The van der Waals surface area contributed by atoms with E-state index in [9.17, 15) is 23.6 Å². The van der Waals surface area contributed by atoms with E-state index >= 15 is 0 Å². The molecule has 0 spiro atoms. The van der Waals surface area contributed by atoms with Crippen LogP contribution < -0.4 is 5.32 Å². The number of fused-ring (bicyclic) bond motifs is 1. The molecule has 0 aromatic heterocycles. The van der Waals surface area contributed by atoms with E-state index in [2.05, 4.69) is 11.4 Å². The zero-order valence-electron chi connectivity index (χ0n) is 19.8. The summed E-state index contributed by atoms with van der Waals surface area (Å²) in [5.74, 6) is 0.169. The molecule has 0 aromatic rings. The number of hydrogen-bond acceptors (Lipinski definition) is 6. The first kappa shape index (κ1) is 26.2. The molecule has 3 saturated carbocycles. The minimum atomic E-state index is -3.66. The highest BCUT2D eigenvalue weighted by molar-refractivity contribution is 7.89. The summed E-state index contributed by atoms with van der Waals surface area (Å²) in [6.45, 7) is -0.110. The van der Waals surface area contributed by atoms with Crippen LogP contribution in [0.4, 0.5) is 0 Å². The monoisotopic (exact) mass is 515 g/mol. The lowest BCUT2D eigenvalue weighted by Crippen LogP contribution is -2.62. The second-order valence-corrected chi connectivity index (χ2v) is 13.5. The molecule has 10 heteroatoms. The van der Waals surface area contributed by atoms with Crippen LogP contribution >= 0.6 is 11.6 Å². The van der Waals surface area contributed by atoms with Gasteiger partial charge in [-0.2, -0.15) is 9.57 Å². The van der Waals surface area contributed by atoms with E-state index in [0.717, 1.165) is 44.9 Å². The Morgan fingerprint density at radius 1 is 1.12 bits per heavy atom. The Hall–Kier alpha value is -0.920. The van der Waals surface area contributed by atoms with Gasteiger partial charge in [-0.05, 0) is 70.1 Å². The van der Waals surface area contributed by atoms with E-state index in [-0.39, 0.29) is 48.5 Å². The molecule has 0 aromatic carbocycles. The van der Waals surface area contributed by atoms with Gasteiger partial charge in [-0.15, -0.1) is 11.6 Å². The Morgan fingerprint density at radius 3 is 2.59 bits per heavy atom. The molecule has 1 heterocycles. The number of amides is 1. The molecule has 2 N–H and O–H groups in total. The van der Waals surface area contributed by atoms with E-state index in [1.54, 1.807) is 4.31 Å². The van der Waals surface area contributed by atoms with Crippen molar-refractivity contribution in [3.05, 3.63) is 0 Å². The third-order valence-corrected chi connectivity index (χ3v) is 11.0. The Kier molecular flexibility index (Phi) is 8.79. The molecule has 3 aliphatic carbocycles. The highest BCUT2D eigenvalue weighted by Gasteiger charge is 2.48. The highest BCUT2D eigenvalue weighted by Crippen LogP contribution is 2.37. The van der Waals surface area contributed by atoms with E-state index < -0.39 is 21.4 Å². The molecule has 192 valence electrons. The van der Waals surface area contributed by atoms with Crippen LogP contribution in [0.1, 0.15) is 77.0 Å². The van der Waals surface area contributed by atoms with Gasteiger partial charge in [0.25, 0.3) is 0 Å². The summed E-state index contributed by atoms with van der Waals surface area (Å²) in [4.78, 5) is 12.7. The normalized spacial score (nSPS) is 39.6. The number of carbonyl (C=O) groups excluding carboxylic acids is 1. The number of halogens is 1. The SMILES string of the molecule is N#CC1CCCC(S(=O)(=O)N2C[C@@H](CO)OC3CCC(NC(=O)CC4CCC(Cl)CC4)CC32)C1. The number of sulfonamides is 1. The Morgan fingerprint density at radius 2 is 1.88 bits per heavy atom. The van der Waals surface area contributed by atoms with E-state index in [1.165, 1.54) is 0 Å². The maximum absolute atomic E-state index is 13.7. The van der Waals surface area contributed by atoms with Gasteiger partial charge in [-0.1, -0.05) is 6.42 Å². The fourth-order valence-electron chi connectivity index (χ4n) is 6.33. The molecule has 0 bridgehead atoms. The Bertz CT molecular complexity index is 857. The average Bonchev–Trinajstić information content (AvgIpc) is 2.84. The summed E-state index contributed by atoms with van der Waals surface area (Å²) in [6, 6.07) is 1.79. The first-order chi connectivity index (χ1) is 16.3. The van der Waals surface area contributed by atoms with Gasteiger partial charge in [0.1, 0.15) is 0 Å². The van der Waals surface area contributed by atoms with E-state index in [4.69, 9.17) is 16.3 Å². The molecule has 4 aliphatic rings. The van der Waals surface area contributed by atoms with Gasteiger partial charge in [0.05, 0.1) is 36.2 Å². The van der Waals surface area contributed by atoms with Crippen molar-refractivity contribution in [1.29, 1.82) is 5.26 Å². The smallest absolute Gasteiger partial charge is 0.220 e. The summed E-state index contributed by atoms with van der Waals surface area (Å²) in [5.41, 5.74) is 0. The van der Waals surface area contributed by atoms with Gasteiger partial charge in [0.2, 0.25) is 15.9 Å². The number of nitriles is 1. The number of alkyl halides is 1. The fourth-order valence-corrected chi connectivity index (χ4v) is 8.88. The van der Waals surface area contributed by atoms with E-state index in [1.807, 2.05) is 0 Å². The summed E-state index contributed by atoms with van der Waals surface area (Å²) < 4.78 is 35.0. The number of nitrogens with one attached hydrogen (secondary N) is 1. The number of carbonyl (C=O) groups is 1. The topological polar surface area (TPSA) is 120 Å². The standard InChI is InChI=1S/C24H38ClN3O5S/c25-18-6-4-16(5-7-18)11-24(30)27-19-8-9-23-22(12-19)28(14-20(15-29)33-23)34(31,32)21-3-1-2-17(10-21)13-26/h16-23,29H,1-12,14-15H2,(H,27,30)/t16?,17?,18?,19?,20-,21?,22?,23?/m0/s1. The Labute approximate surface area is 208 Å². The van der Waals surface area contributed by atoms with Crippen LogP contribution in [0.25, 0.3) is 0 Å². The first-order valence-electron chi connectivity index (χ1n) is 12.9. The zero-order chi connectivity index (χ0) is 24.3. The van der Waals surface area contributed by atoms with Crippen molar-refractivity contribution in [3.63, 3.8) is 0 Å². The number of morpholine rings is 1. The number of nitrogens with zero attached hydrogens (tertiary/aromatic N) is 2. The second-order valence-electron chi connectivity index (χ2n) is 10.7. The average molecular weight is 516 g/mol. The van der Waals surface area contributed by atoms with Crippen LogP contribution in [-0.2, 0) is 19.6 Å². The first-order valence-corrected chi connectivity index (χ1v) is 14.8. The van der Waals surface area contributed by atoms with Crippen molar-refractivity contribution in [2.45, 2.75) is 112 Å². The minimum Gasteiger partial charge on any atom is -0.394 e. The van der Waals surface area contributed by atoms with Gasteiger partial charge in [0.15, 0.2) is 0 Å². The van der Waals surface area contributed by atoms with Gasteiger partial charge in [-0.25, -0.2) is 8.42 Å². The molecule has 1 saturated heterocycles. The number of ether oxygens (including phenoxy) is 1. The molecule has 4 rings (SSSR count). The maximum atomic E-state index is 13.7. The number of aliphatic hydroxyl groups excluding tert-OH is 1. The van der Waals surface area contributed by atoms with Gasteiger partial charge in [-0.3, -0.25) is 4.79 Å². The van der Waals surface area contributed by atoms with Gasteiger partial charge in [0, 0.05) is 30.3 Å². The summed E-state index contributed by atoms with van der Waals surface area (Å²) in [7, 11) is -3.66. The highest BCUT2D eigenvalue weighted by atomic mass is 35.5. The molecular formula is C24H38ClN3O5S. The second kappa shape index (κ2) is 11.4. The molecule has 8 nitrogen and oxygen atoms in total. The molecule has 0 radical (unpaired) electrons. The van der Waals surface area contributed by atoms with Crippen molar-refractivity contribution in [1.82, 2.24) is 9.62 Å². The summed E-state index contributed by atoms with van der Waals surface area (Å²) in [6.07, 6.45) is 7.81. The van der Waals surface area contributed by atoms with Crippen molar-refractivity contribution in [2.24, 2.45) is 11.8 Å². The van der Waals surface area contributed by atoms with Crippen molar-refractivity contribution in [2.75, 3.05) is 13.2 Å². The van der Waals surface area contributed by atoms with Crippen LogP contribution in [0.15, 0.2) is 0 Å². The van der Waals surface area contributed by atoms with Gasteiger partial charge >= 0.3 is 0 Å². The number of rotatable bonds is 6. The molecule has 6 atom stereocenters. The predicted molar refractivity (Wildman–Crippen MR) is 129 cm³/mol. The Balaban J connectivity index is 1.42. The van der Waals surface area contributed by atoms with Crippen LogP contribution in [0.2, 0.25) is 0 Å². The van der Waals surface area contributed by atoms with Crippen molar-refractivity contribution in [3.8, 4) is 6.07 Å². The number of aliphatic hydroxyl groups is 1. The molecule has 34 heavy (non-hydrogen) atoms. The maximum Gasteiger partial charge on any atom is 0.220 e. The minimum absolute atomic E-state index is 0.0324. The molecule has 4 fully saturated rings. The molecule has 5 unspecified atom stereocenters. The van der Waals surface area contributed by atoms with Crippen molar-refractivity contribution < 1.29 is 23.1 Å². The van der Waals surface area contributed by atoms with Crippen molar-refractivity contribution >= 4 is 27.5 Å². The van der Waals surface area contributed by atoms with Gasteiger partial charge < -0.3 is 15.2 Å². The number of hydrogen-bond donors (Lipinski definition) is 2. The van der Waals surface area contributed by atoms with Crippen LogP contribution in [0.5, 0.6) is 0 Å². The zero-order valence-corrected chi connectivity index (χ0v) is 21.4. The third kappa shape index (κ3) is 6.07. The molecule has 1 aliphatic heterocycles. The summed E-state index contributed by atoms with van der Waals surface area (Å²) in [5, 5.41) is 21.9. The molecular weight excluding hydrogens is 478 g/mol. The lowest BCUT2D eigenvalue weighted by molar-refractivity contribution is -0.132. The lowest BCUT2D eigenvalue weighted by atomic mass is 9.85.